The molecule has 0 aliphatic rings. The fourth-order valence-corrected chi connectivity index (χ4v) is 2.09. The van der Waals surface area contributed by atoms with Crippen LogP contribution in [-0.2, 0) is 0 Å². The smallest absolute Gasteiger partial charge is 0.251 e. The van der Waals surface area contributed by atoms with Crippen molar-refractivity contribution in [1.29, 1.82) is 0 Å². The molecule has 2 N–H and O–H groups in total. The van der Waals surface area contributed by atoms with E-state index in [1.54, 1.807) is 18.2 Å². The van der Waals surface area contributed by atoms with E-state index < -0.39 is 0 Å². The molecule has 1 amide bonds. The number of halogens is 1. The molecule has 0 spiro atoms. The molecule has 0 heterocycles. The average Bonchev–Trinajstić information content (AvgIpc) is 2.48. The summed E-state index contributed by atoms with van der Waals surface area (Å²) in [4.78, 5) is 11.7. The summed E-state index contributed by atoms with van der Waals surface area (Å²) >= 11 is 0. The number of anilines is 1. The van der Waals surface area contributed by atoms with Crippen molar-refractivity contribution in [2.75, 3.05) is 11.9 Å². The van der Waals surface area contributed by atoms with Crippen LogP contribution in [0.1, 0.15) is 35.8 Å². The first-order valence-electron chi connectivity index (χ1n) is 7.00. The molecular formula is C17H19FN2O. The molecule has 3 nitrogen and oxygen atoms in total. The number of hydrogen-bond acceptors (Lipinski definition) is 2. The van der Waals surface area contributed by atoms with Gasteiger partial charge in [-0.15, -0.1) is 0 Å². The van der Waals surface area contributed by atoms with Crippen molar-refractivity contribution in [3.8, 4) is 0 Å². The summed E-state index contributed by atoms with van der Waals surface area (Å²) in [7, 11) is 0. The monoisotopic (exact) mass is 286 g/mol. The topological polar surface area (TPSA) is 41.1 Å². The molecular weight excluding hydrogens is 267 g/mol. The van der Waals surface area contributed by atoms with Gasteiger partial charge in [0.15, 0.2) is 0 Å². The number of nitrogens with one attached hydrogen (secondary N) is 2. The fraction of sp³-hybridized carbons (Fsp3) is 0.235. The van der Waals surface area contributed by atoms with Gasteiger partial charge >= 0.3 is 0 Å². The predicted molar refractivity (Wildman–Crippen MR) is 82.9 cm³/mol. The zero-order valence-electron chi connectivity index (χ0n) is 12.2. The molecule has 0 aliphatic carbocycles. The van der Waals surface area contributed by atoms with Gasteiger partial charge in [0, 0.05) is 23.8 Å². The summed E-state index contributed by atoms with van der Waals surface area (Å²) in [6.45, 7) is 4.45. The summed E-state index contributed by atoms with van der Waals surface area (Å²) < 4.78 is 13.2. The van der Waals surface area contributed by atoms with Gasteiger partial charge in [-0.3, -0.25) is 4.79 Å². The first kappa shape index (κ1) is 15.0. The van der Waals surface area contributed by atoms with Crippen LogP contribution < -0.4 is 10.6 Å². The van der Waals surface area contributed by atoms with E-state index in [1.807, 2.05) is 32.0 Å². The second-order valence-corrected chi connectivity index (χ2v) is 4.86. The van der Waals surface area contributed by atoms with Gasteiger partial charge in [-0.2, -0.15) is 0 Å². The molecule has 0 saturated carbocycles. The predicted octanol–water partition coefficient (Wildman–Crippen LogP) is 3.75. The van der Waals surface area contributed by atoms with Gasteiger partial charge < -0.3 is 10.6 Å². The molecule has 0 saturated heterocycles. The largest absolute Gasteiger partial charge is 0.379 e. The van der Waals surface area contributed by atoms with Gasteiger partial charge in [-0.25, -0.2) is 4.39 Å². The quantitative estimate of drug-likeness (QED) is 0.879. The van der Waals surface area contributed by atoms with Crippen molar-refractivity contribution < 1.29 is 9.18 Å². The van der Waals surface area contributed by atoms with Crippen molar-refractivity contribution in [2.24, 2.45) is 0 Å². The Hall–Kier alpha value is -2.36. The molecule has 1 unspecified atom stereocenters. The standard InChI is InChI=1S/C17H19FN2O/c1-3-19-17(21)13-7-9-16(10-8-13)20-12(2)14-5-4-6-15(18)11-14/h4-12,20H,3H2,1-2H3,(H,19,21). The van der Waals surface area contributed by atoms with E-state index in [0.717, 1.165) is 11.3 Å². The molecule has 2 rings (SSSR count). The van der Waals surface area contributed by atoms with Crippen LogP contribution in [0, 0.1) is 5.82 Å². The zero-order valence-corrected chi connectivity index (χ0v) is 12.2. The minimum atomic E-state index is -0.243. The number of carbonyl (C=O) groups excluding carboxylic acids is 1. The minimum absolute atomic E-state index is 0.0176. The highest BCUT2D eigenvalue weighted by atomic mass is 19.1. The zero-order chi connectivity index (χ0) is 15.2. The van der Waals surface area contributed by atoms with Crippen LogP contribution in [0.5, 0.6) is 0 Å². The Morgan fingerprint density at radius 3 is 2.52 bits per heavy atom. The van der Waals surface area contributed by atoms with Crippen LogP contribution in [0.4, 0.5) is 10.1 Å². The first-order chi connectivity index (χ1) is 10.1. The number of amides is 1. The third-order valence-electron chi connectivity index (χ3n) is 3.22. The molecule has 0 aliphatic heterocycles. The van der Waals surface area contributed by atoms with Gasteiger partial charge in [-0.05, 0) is 55.8 Å². The first-order valence-corrected chi connectivity index (χ1v) is 7.00. The highest BCUT2D eigenvalue weighted by Crippen LogP contribution is 2.20. The van der Waals surface area contributed by atoms with Gasteiger partial charge in [0.25, 0.3) is 5.91 Å². The molecule has 0 radical (unpaired) electrons. The Kier molecular flexibility index (Phi) is 4.93. The third kappa shape index (κ3) is 4.05. The maximum Gasteiger partial charge on any atom is 0.251 e. The molecule has 2 aromatic carbocycles. The summed E-state index contributed by atoms with van der Waals surface area (Å²) in [5, 5.41) is 6.04. The minimum Gasteiger partial charge on any atom is -0.379 e. The van der Waals surface area contributed by atoms with E-state index in [1.165, 1.54) is 12.1 Å². The molecule has 0 aromatic heterocycles. The highest BCUT2D eigenvalue weighted by molar-refractivity contribution is 5.94. The van der Waals surface area contributed by atoms with E-state index in [4.69, 9.17) is 0 Å². The van der Waals surface area contributed by atoms with Gasteiger partial charge in [0.1, 0.15) is 5.82 Å². The van der Waals surface area contributed by atoms with Crippen LogP contribution >= 0.6 is 0 Å². The highest BCUT2D eigenvalue weighted by Gasteiger charge is 2.07. The van der Waals surface area contributed by atoms with Crippen molar-refractivity contribution in [1.82, 2.24) is 5.32 Å². The lowest BCUT2D eigenvalue weighted by Gasteiger charge is -2.16. The Morgan fingerprint density at radius 1 is 1.19 bits per heavy atom. The Bertz CT molecular complexity index is 610. The normalized spacial score (nSPS) is 11.8. The summed E-state index contributed by atoms with van der Waals surface area (Å²) in [6, 6.07) is 13.7. The van der Waals surface area contributed by atoms with Crippen molar-refractivity contribution in [3.05, 3.63) is 65.5 Å². The molecule has 110 valence electrons. The van der Waals surface area contributed by atoms with E-state index in [2.05, 4.69) is 10.6 Å². The van der Waals surface area contributed by atoms with Crippen LogP contribution in [0.15, 0.2) is 48.5 Å². The lowest BCUT2D eigenvalue weighted by Crippen LogP contribution is -2.22. The van der Waals surface area contributed by atoms with Crippen LogP contribution in [0.25, 0.3) is 0 Å². The van der Waals surface area contributed by atoms with Crippen LogP contribution in [-0.4, -0.2) is 12.5 Å². The van der Waals surface area contributed by atoms with E-state index in [-0.39, 0.29) is 17.8 Å². The maximum atomic E-state index is 13.2. The molecule has 0 bridgehead atoms. The average molecular weight is 286 g/mol. The van der Waals surface area contributed by atoms with Gasteiger partial charge in [-0.1, -0.05) is 12.1 Å². The number of benzene rings is 2. The van der Waals surface area contributed by atoms with Crippen LogP contribution in [0.3, 0.4) is 0 Å². The van der Waals surface area contributed by atoms with Crippen molar-refractivity contribution in [3.63, 3.8) is 0 Å². The fourth-order valence-electron chi connectivity index (χ4n) is 2.09. The maximum absolute atomic E-state index is 13.2. The molecule has 21 heavy (non-hydrogen) atoms. The van der Waals surface area contributed by atoms with Gasteiger partial charge in [0.2, 0.25) is 0 Å². The molecule has 0 fully saturated rings. The van der Waals surface area contributed by atoms with E-state index in [9.17, 15) is 9.18 Å². The molecule has 4 heteroatoms. The lowest BCUT2D eigenvalue weighted by molar-refractivity contribution is 0.0956. The number of carbonyl (C=O) groups is 1. The second-order valence-electron chi connectivity index (χ2n) is 4.86. The molecule has 1 atom stereocenters. The summed E-state index contributed by atoms with van der Waals surface area (Å²) in [6.07, 6.45) is 0. The lowest BCUT2D eigenvalue weighted by atomic mass is 10.1. The SMILES string of the molecule is CCNC(=O)c1ccc(NC(C)c2cccc(F)c2)cc1. The number of hydrogen-bond donors (Lipinski definition) is 2. The van der Waals surface area contributed by atoms with Gasteiger partial charge in [0.05, 0.1) is 0 Å². The van der Waals surface area contributed by atoms with E-state index >= 15 is 0 Å². The second kappa shape index (κ2) is 6.88. The van der Waals surface area contributed by atoms with E-state index in [0.29, 0.717) is 12.1 Å². The Balaban J connectivity index is 2.04. The van der Waals surface area contributed by atoms with Crippen molar-refractivity contribution in [2.45, 2.75) is 19.9 Å². The Labute approximate surface area is 124 Å². The van der Waals surface area contributed by atoms with Crippen LogP contribution in [0.2, 0.25) is 0 Å². The van der Waals surface area contributed by atoms with Crippen molar-refractivity contribution >= 4 is 11.6 Å². The molecule has 2 aromatic rings. The number of rotatable bonds is 5. The third-order valence-corrected chi connectivity index (χ3v) is 3.22. The summed E-state index contributed by atoms with van der Waals surface area (Å²) in [5.41, 5.74) is 2.39. The Morgan fingerprint density at radius 2 is 1.90 bits per heavy atom. The summed E-state index contributed by atoms with van der Waals surface area (Å²) in [5.74, 6) is -0.324.